The van der Waals surface area contributed by atoms with Crippen molar-refractivity contribution in [3.05, 3.63) is 11.4 Å². The van der Waals surface area contributed by atoms with Gasteiger partial charge in [0, 0.05) is 34.0 Å². The van der Waals surface area contributed by atoms with Crippen molar-refractivity contribution in [2.45, 2.75) is 26.1 Å². The maximum absolute atomic E-state index is 11.8. The lowest BCUT2D eigenvalue weighted by molar-refractivity contribution is -0.222. The van der Waals surface area contributed by atoms with Crippen LogP contribution in [0.25, 0.3) is 0 Å². The number of carbonyl (C=O) groups is 2. The van der Waals surface area contributed by atoms with Gasteiger partial charge in [0.15, 0.2) is 5.57 Å². The summed E-state index contributed by atoms with van der Waals surface area (Å²) < 4.78 is 10.1. The maximum atomic E-state index is 11.8. The molecular formula is C11H16N2O4. The van der Waals surface area contributed by atoms with Gasteiger partial charge in [-0.05, 0) is 6.42 Å². The van der Waals surface area contributed by atoms with Gasteiger partial charge in [0.05, 0.1) is 0 Å². The average Bonchev–Trinajstić information content (AvgIpc) is 2.17. The number of ether oxygens (including phenoxy) is 2. The number of rotatable bonds is 0. The molecule has 0 amide bonds. The Hall–Kier alpha value is -1.72. The van der Waals surface area contributed by atoms with E-state index in [-0.39, 0.29) is 5.57 Å². The normalized spacial score (nSPS) is 24.1. The number of nitrogens with one attached hydrogen (secondary N) is 1. The molecule has 2 heterocycles. The van der Waals surface area contributed by atoms with Gasteiger partial charge < -0.3 is 19.7 Å². The molecule has 0 aromatic rings. The Balaban J connectivity index is 2.34. The molecule has 0 atom stereocenters. The second-order valence-electron chi connectivity index (χ2n) is 4.60. The van der Waals surface area contributed by atoms with Crippen molar-refractivity contribution >= 4 is 11.9 Å². The molecule has 17 heavy (non-hydrogen) atoms. The Labute approximate surface area is 99.5 Å². The standard InChI is InChI=1S/C11H16N2O4/c1-11(2)16-9(14)7(10(15)17-11)8-12-5-4-6-13(8)3/h12H,4-6H2,1-3H3. The molecule has 0 bridgehead atoms. The van der Waals surface area contributed by atoms with Gasteiger partial charge in [0.25, 0.3) is 5.79 Å². The van der Waals surface area contributed by atoms with E-state index in [2.05, 4.69) is 5.32 Å². The highest BCUT2D eigenvalue weighted by Crippen LogP contribution is 2.25. The Kier molecular flexibility index (Phi) is 2.73. The van der Waals surface area contributed by atoms with Crippen molar-refractivity contribution in [1.82, 2.24) is 10.2 Å². The summed E-state index contributed by atoms with van der Waals surface area (Å²) in [6.45, 7) is 4.58. The fraction of sp³-hybridized carbons (Fsp3) is 0.636. The summed E-state index contributed by atoms with van der Waals surface area (Å²) in [5.74, 6) is -1.97. The summed E-state index contributed by atoms with van der Waals surface area (Å²) in [5, 5.41) is 3.03. The van der Waals surface area contributed by atoms with E-state index in [0.717, 1.165) is 19.5 Å². The third-order valence-corrected chi connectivity index (χ3v) is 2.67. The highest BCUT2D eigenvalue weighted by Gasteiger charge is 2.42. The van der Waals surface area contributed by atoms with Crippen molar-refractivity contribution in [1.29, 1.82) is 0 Å². The zero-order valence-electron chi connectivity index (χ0n) is 10.2. The van der Waals surface area contributed by atoms with Crippen LogP contribution < -0.4 is 5.32 Å². The van der Waals surface area contributed by atoms with E-state index < -0.39 is 17.7 Å². The second kappa shape index (κ2) is 3.94. The summed E-state index contributed by atoms with van der Waals surface area (Å²) in [5.41, 5.74) is -0.0495. The van der Waals surface area contributed by atoms with Gasteiger partial charge in [-0.2, -0.15) is 0 Å². The Bertz CT molecular complexity index is 378. The van der Waals surface area contributed by atoms with E-state index >= 15 is 0 Å². The SMILES string of the molecule is CN1CCCNC1=C1C(=O)OC(C)(C)OC1=O. The van der Waals surface area contributed by atoms with Crippen LogP contribution >= 0.6 is 0 Å². The van der Waals surface area contributed by atoms with E-state index in [9.17, 15) is 9.59 Å². The molecule has 2 rings (SSSR count). The largest absolute Gasteiger partial charge is 0.419 e. The van der Waals surface area contributed by atoms with Crippen LogP contribution in [-0.2, 0) is 19.1 Å². The van der Waals surface area contributed by atoms with Crippen molar-refractivity contribution in [2.75, 3.05) is 20.1 Å². The highest BCUT2D eigenvalue weighted by atomic mass is 16.7. The maximum Gasteiger partial charge on any atom is 0.352 e. The molecule has 0 aliphatic carbocycles. The van der Waals surface area contributed by atoms with Gasteiger partial charge in [0.1, 0.15) is 5.82 Å². The second-order valence-corrected chi connectivity index (χ2v) is 4.60. The van der Waals surface area contributed by atoms with Crippen LogP contribution in [0.15, 0.2) is 11.4 Å². The molecule has 0 aromatic heterocycles. The minimum Gasteiger partial charge on any atom is -0.419 e. The topological polar surface area (TPSA) is 67.9 Å². The Morgan fingerprint density at radius 2 is 1.82 bits per heavy atom. The predicted octanol–water partition coefficient (Wildman–Crippen LogP) is -0.0408. The molecule has 6 heteroatoms. The van der Waals surface area contributed by atoms with E-state index in [1.54, 1.807) is 0 Å². The number of carbonyl (C=O) groups excluding carboxylic acids is 2. The Morgan fingerprint density at radius 3 is 2.35 bits per heavy atom. The molecule has 0 saturated carbocycles. The first kappa shape index (κ1) is 11.8. The number of hydrogen-bond acceptors (Lipinski definition) is 6. The minimum absolute atomic E-state index is 0.0495. The molecule has 1 N–H and O–H groups in total. The monoisotopic (exact) mass is 240 g/mol. The third kappa shape index (κ3) is 2.20. The number of nitrogens with zero attached hydrogens (tertiary/aromatic N) is 1. The van der Waals surface area contributed by atoms with Gasteiger partial charge in [-0.3, -0.25) is 0 Å². The van der Waals surface area contributed by atoms with E-state index in [1.807, 2.05) is 11.9 Å². The van der Waals surface area contributed by atoms with Crippen LogP contribution in [0.5, 0.6) is 0 Å². The van der Waals surface area contributed by atoms with Crippen LogP contribution in [0.1, 0.15) is 20.3 Å². The number of esters is 2. The summed E-state index contributed by atoms with van der Waals surface area (Å²) >= 11 is 0. The first-order valence-corrected chi connectivity index (χ1v) is 5.57. The first-order chi connectivity index (χ1) is 7.91. The molecule has 2 saturated heterocycles. The van der Waals surface area contributed by atoms with Crippen LogP contribution in [0, 0.1) is 0 Å². The lowest BCUT2D eigenvalue weighted by Gasteiger charge is -2.34. The molecule has 2 aliphatic heterocycles. The van der Waals surface area contributed by atoms with Gasteiger partial charge in [-0.1, -0.05) is 0 Å². The summed E-state index contributed by atoms with van der Waals surface area (Å²) in [7, 11) is 1.81. The smallest absolute Gasteiger partial charge is 0.352 e. The lowest BCUT2D eigenvalue weighted by Crippen LogP contribution is -2.46. The van der Waals surface area contributed by atoms with Gasteiger partial charge in [-0.15, -0.1) is 0 Å². The number of cyclic esters (lactones) is 2. The fourth-order valence-electron chi connectivity index (χ4n) is 1.90. The quantitative estimate of drug-likeness (QED) is 0.364. The molecular weight excluding hydrogens is 224 g/mol. The van der Waals surface area contributed by atoms with Gasteiger partial charge >= 0.3 is 11.9 Å². The molecule has 94 valence electrons. The van der Waals surface area contributed by atoms with Gasteiger partial charge in [-0.25, -0.2) is 9.59 Å². The summed E-state index contributed by atoms with van der Waals surface area (Å²) in [6.07, 6.45) is 0.961. The molecule has 0 aromatic carbocycles. The van der Waals surface area contributed by atoms with Crippen molar-refractivity contribution < 1.29 is 19.1 Å². The number of hydrogen-bond donors (Lipinski definition) is 1. The summed E-state index contributed by atoms with van der Waals surface area (Å²) in [6, 6.07) is 0. The first-order valence-electron chi connectivity index (χ1n) is 5.57. The van der Waals surface area contributed by atoms with Crippen molar-refractivity contribution in [3.8, 4) is 0 Å². The minimum atomic E-state index is -1.19. The van der Waals surface area contributed by atoms with Crippen molar-refractivity contribution in [3.63, 3.8) is 0 Å². The van der Waals surface area contributed by atoms with E-state index in [1.165, 1.54) is 13.8 Å². The highest BCUT2D eigenvalue weighted by molar-refractivity contribution is 6.15. The Morgan fingerprint density at radius 1 is 1.24 bits per heavy atom. The van der Waals surface area contributed by atoms with Crippen LogP contribution in [-0.4, -0.2) is 42.8 Å². The van der Waals surface area contributed by atoms with Crippen LogP contribution in [0.4, 0.5) is 0 Å². The zero-order chi connectivity index (χ0) is 12.6. The molecule has 2 fully saturated rings. The van der Waals surface area contributed by atoms with Crippen LogP contribution in [0.3, 0.4) is 0 Å². The molecule has 0 unspecified atom stereocenters. The van der Waals surface area contributed by atoms with Crippen molar-refractivity contribution in [2.24, 2.45) is 0 Å². The molecule has 0 spiro atoms. The molecule has 2 aliphatic rings. The summed E-state index contributed by atoms with van der Waals surface area (Å²) in [4.78, 5) is 25.5. The fourth-order valence-corrected chi connectivity index (χ4v) is 1.90. The average molecular weight is 240 g/mol. The zero-order valence-corrected chi connectivity index (χ0v) is 10.2. The van der Waals surface area contributed by atoms with E-state index in [0.29, 0.717) is 5.82 Å². The molecule has 0 radical (unpaired) electrons. The predicted molar refractivity (Wildman–Crippen MR) is 58.5 cm³/mol. The lowest BCUT2D eigenvalue weighted by atomic mass is 10.2. The van der Waals surface area contributed by atoms with Crippen LogP contribution in [0.2, 0.25) is 0 Å². The third-order valence-electron chi connectivity index (χ3n) is 2.67. The van der Waals surface area contributed by atoms with E-state index in [4.69, 9.17) is 9.47 Å². The molecule has 6 nitrogen and oxygen atoms in total. The van der Waals surface area contributed by atoms with Gasteiger partial charge in [0.2, 0.25) is 0 Å².